The number of azide groups is 1. The van der Waals surface area contributed by atoms with Crippen LogP contribution in [0.25, 0.3) is 10.4 Å². The number of unbranched alkanes of at least 4 members (excludes halogenated alkanes) is 1. The van der Waals surface area contributed by atoms with Gasteiger partial charge in [-0.05, 0) is 78.8 Å². The maximum absolute atomic E-state index is 13.6. The third kappa shape index (κ3) is 18.0. The summed E-state index contributed by atoms with van der Waals surface area (Å²) >= 11 is 0. The molecule has 15 nitrogen and oxygen atoms in total. The van der Waals surface area contributed by atoms with E-state index in [1.54, 1.807) is 65.8 Å². The zero-order chi connectivity index (χ0) is 34.0. The molecule has 15 heteroatoms. The van der Waals surface area contributed by atoms with Crippen molar-refractivity contribution < 1.29 is 38.2 Å². The Morgan fingerprint density at radius 3 is 2.07 bits per heavy atom. The molecule has 0 unspecified atom stereocenters. The Balaban J connectivity index is 2.97. The van der Waals surface area contributed by atoms with Crippen LogP contribution in [0.5, 0.6) is 0 Å². The lowest BCUT2D eigenvalue weighted by molar-refractivity contribution is -0.159. The van der Waals surface area contributed by atoms with Crippen LogP contribution in [0.4, 0.5) is 9.59 Å². The summed E-state index contributed by atoms with van der Waals surface area (Å²) in [6, 6.07) is 5.75. The summed E-state index contributed by atoms with van der Waals surface area (Å²) in [7, 11) is 0. The van der Waals surface area contributed by atoms with Crippen LogP contribution >= 0.6 is 0 Å². The lowest BCUT2D eigenvalue weighted by Gasteiger charge is -2.27. The van der Waals surface area contributed by atoms with Gasteiger partial charge < -0.3 is 35.5 Å². The van der Waals surface area contributed by atoms with Crippen molar-refractivity contribution in [3.63, 3.8) is 0 Å². The summed E-state index contributed by atoms with van der Waals surface area (Å²) in [4.78, 5) is 66.1. The van der Waals surface area contributed by atoms with Crippen LogP contribution in [-0.2, 0) is 35.0 Å². The Labute approximate surface area is 264 Å². The summed E-state index contributed by atoms with van der Waals surface area (Å²) < 4.78 is 15.6. The highest BCUT2D eigenvalue weighted by molar-refractivity contribution is 5.93. The predicted octanol–water partition coefficient (Wildman–Crippen LogP) is 3.66. The molecule has 0 aliphatic rings. The van der Waals surface area contributed by atoms with Crippen LogP contribution in [0.3, 0.4) is 0 Å². The first-order valence-electron chi connectivity index (χ1n) is 14.8. The van der Waals surface area contributed by atoms with Crippen LogP contribution in [0.2, 0.25) is 0 Å². The molecular weight excluding hydrogens is 586 g/mol. The van der Waals surface area contributed by atoms with Crippen molar-refractivity contribution in [3.05, 3.63) is 46.3 Å². The Morgan fingerprint density at radius 1 is 0.844 bits per heavy atom. The molecule has 1 rings (SSSR count). The summed E-state index contributed by atoms with van der Waals surface area (Å²) in [5.74, 6) is -1.93. The SMILES string of the molecule is C[C@@H](NC(=O)OCCN=[N+]=[N-])C(=O)N[C@@H](Cc1ccccc1)C(=O)N[C@@H](CCCCNC(=O)OC(C)(C)C)C(=O)OC(C)(C)C. The van der Waals surface area contributed by atoms with E-state index in [-0.39, 0.29) is 26.0 Å². The van der Waals surface area contributed by atoms with Crippen molar-refractivity contribution in [1.82, 2.24) is 21.3 Å². The molecule has 0 aliphatic carbocycles. The quantitative estimate of drug-likeness (QED) is 0.0526. The van der Waals surface area contributed by atoms with Crippen LogP contribution in [0.1, 0.15) is 73.3 Å². The van der Waals surface area contributed by atoms with E-state index in [0.29, 0.717) is 19.4 Å². The van der Waals surface area contributed by atoms with E-state index in [9.17, 15) is 24.0 Å². The van der Waals surface area contributed by atoms with Crippen LogP contribution < -0.4 is 21.3 Å². The highest BCUT2D eigenvalue weighted by Crippen LogP contribution is 2.13. The van der Waals surface area contributed by atoms with Crippen molar-refractivity contribution in [2.24, 2.45) is 5.11 Å². The van der Waals surface area contributed by atoms with Gasteiger partial charge in [0.25, 0.3) is 0 Å². The second kappa shape index (κ2) is 19.0. The minimum absolute atomic E-state index is 0.0666. The summed E-state index contributed by atoms with van der Waals surface area (Å²) in [6.45, 7) is 11.9. The van der Waals surface area contributed by atoms with E-state index < -0.39 is 59.3 Å². The number of carbonyl (C=O) groups is 5. The Morgan fingerprint density at radius 2 is 1.47 bits per heavy atom. The molecule has 0 saturated carbocycles. The molecule has 0 fully saturated rings. The van der Waals surface area contributed by atoms with Gasteiger partial charge in [-0.2, -0.15) is 0 Å². The van der Waals surface area contributed by atoms with Crippen molar-refractivity contribution in [3.8, 4) is 0 Å². The molecule has 0 aromatic heterocycles. The number of esters is 1. The third-order valence-corrected chi connectivity index (χ3v) is 5.73. The zero-order valence-corrected chi connectivity index (χ0v) is 27.2. The molecule has 1 aromatic carbocycles. The topological polar surface area (TPSA) is 210 Å². The smallest absolute Gasteiger partial charge is 0.407 e. The van der Waals surface area contributed by atoms with Gasteiger partial charge in [-0.25, -0.2) is 14.4 Å². The van der Waals surface area contributed by atoms with Gasteiger partial charge in [-0.1, -0.05) is 35.4 Å². The minimum atomic E-state index is -1.11. The summed E-state index contributed by atoms with van der Waals surface area (Å²) in [5, 5.41) is 13.6. The number of amides is 4. The molecule has 4 N–H and O–H groups in total. The number of rotatable bonds is 16. The van der Waals surface area contributed by atoms with Crippen molar-refractivity contribution in [2.45, 2.75) is 103 Å². The molecule has 45 heavy (non-hydrogen) atoms. The van der Waals surface area contributed by atoms with Gasteiger partial charge in [0.15, 0.2) is 0 Å². The molecule has 0 heterocycles. The Bertz CT molecular complexity index is 1170. The number of hydrogen-bond donors (Lipinski definition) is 4. The van der Waals surface area contributed by atoms with Crippen LogP contribution in [0.15, 0.2) is 35.4 Å². The van der Waals surface area contributed by atoms with Gasteiger partial charge in [-0.15, -0.1) is 0 Å². The fraction of sp³-hybridized carbons (Fsp3) is 0.633. The van der Waals surface area contributed by atoms with Crippen LogP contribution in [-0.4, -0.2) is 79.0 Å². The molecule has 0 saturated heterocycles. The lowest BCUT2D eigenvalue weighted by Crippen LogP contribution is -2.56. The van der Waals surface area contributed by atoms with E-state index in [1.807, 2.05) is 6.07 Å². The number of nitrogens with one attached hydrogen (secondary N) is 4. The van der Waals surface area contributed by atoms with E-state index in [1.165, 1.54) is 6.92 Å². The fourth-order valence-electron chi connectivity index (χ4n) is 3.74. The molecule has 3 atom stereocenters. The highest BCUT2D eigenvalue weighted by Gasteiger charge is 2.31. The first-order valence-corrected chi connectivity index (χ1v) is 14.8. The molecule has 0 aliphatic heterocycles. The molecule has 0 bridgehead atoms. The monoisotopic (exact) mass is 633 g/mol. The molecular formula is C30H47N7O8. The van der Waals surface area contributed by atoms with Crippen LogP contribution in [0, 0.1) is 0 Å². The van der Waals surface area contributed by atoms with Gasteiger partial charge in [0.2, 0.25) is 11.8 Å². The summed E-state index contributed by atoms with van der Waals surface area (Å²) in [5.41, 5.74) is 7.61. The number of alkyl carbamates (subject to hydrolysis) is 2. The fourth-order valence-corrected chi connectivity index (χ4v) is 3.74. The Hall–Kier alpha value is -4.52. The number of benzene rings is 1. The largest absolute Gasteiger partial charge is 0.458 e. The average Bonchev–Trinajstić information content (AvgIpc) is 2.92. The first-order chi connectivity index (χ1) is 21.0. The molecule has 250 valence electrons. The van der Waals surface area contributed by atoms with E-state index >= 15 is 0 Å². The number of ether oxygens (including phenoxy) is 3. The minimum Gasteiger partial charge on any atom is -0.458 e. The standard InChI is InChI=1S/C30H47N7O8/c1-20(34-28(42)43-18-17-33-37-31)24(38)36-23(19-21-13-9-8-10-14-21)25(39)35-22(26(40)44-29(2,3)4)15-11-12-16-32-27(41)45-30(5,6)7/h8-10,13-14,20,22-23H,11-12,15-19H2,1-7H3,(H,32,41)(H,34,42)(H,35,39)(H,36,38)/t20-,22+,23+/m1/s1. The van der Waals surface area contributed by atoms with Gasteiger partial charge in [0.1, 0.15) is 29.3 Å². The second-order valence-electron chi connectivity index (χ2n) is 12.2. The Kier molecular flexibility index (Phi) is 16.3. The number of carbonyl (C=O) groups excluding carboxylic acids is 5. The van der Waals surface area contributed by atoms with E-state index in [0.717, 1.165) is 5.56 Å². The van der Waals surface area contributed by atoms with E-state index in [4.69, 9.17) is 19.7 Å². The maximum atomic E-state index is 13.6. The lowest BCUT2D eigenvalue weighted by atomic mass is 10.0. The van der Waals surface area contributed by atoms with Crippen molar-refractivity contribution >= 4 is 30.0 Å². The van der Waals surface area contributed by atoms with E-state index in [2.05, 4.69) is 31.3 Å². The average molecular weight is 634 g/mol. The first kappa shape index (κ1) is 38.5. The van der Waals surface area contributed by atoms with Gasteiger partial charge in [0, 0.05) is 17.9 Å². The van der Waals surface area contributed by atoms with Crippen molar-refractivity contribution in [2.75, 3.05) is 19.7 Å². The summed E-state index contributed by atoms with van der Waals surface area (Å²) in [6.07, 6.45) is -0.186. The number of nitrogens with zero attached hydrogens (tertiary/aromatic N) is 3. The number of hydrogen-bond acceptors (Lipinski definition) is 9. The normalized spacial score (nSPS) is 13.1. The predicted molar refractivity (Wildman–Crippen MR) is 166 cm³/mol. The van der Waals surface area contributed by atoms with Gasteiger partial charge in [-0.3, -0.25) is 9.59 Å². The van der Waals surface area contributed by atoms with Gasteiger partial charge in [0.05, 0.1) is 13.2 Å². The molecule has 0 spiro atoms. The zero-order valence-electron chi connectivity index (χ0n) is 27.2. The molecule has 4 amide bonds. The maximum Gasteiger partial charge on any atom is 0.407 e. The third-order valence-electron chi connectivity index (χ3n) is 5.73. The second-order valence-corrected chi connectivity index (χ2v) is 12.2. The van der Waals surface area contributed by atoms with Gasteiger partial charge >= 0.3 is 18.2 Å². The molecule has 1 aromatic rings. The molecule has 0 radical (unpaired) electrons. The van der Waals surface area contributed by atoms with Crippen molar-refractivity contribution in [1.29, 1.82) is 0 Å². The highest BCUT2D eigenvalue weighted by atomic mass is 16.6.